The molecule has 176 valence electrons. The Labute approximate surface area is 205 Å². The third-order valence-corrected chi connectivity index (χ3v) is 9.19. The van der Waals surface area contributed by atoms with Crippen molar-refractivity contribution in [1.29, 1.82) is 0 Å². The molecule has 33 heavy (non-hydrogen) atoms. The van der Waals surface area contributed by atoms with Gasteiger partial charge in [-0.2, -0.15) is 0 Å². The molecule has 0 spiro atoms. The smallest absolute Gasteiger partial charge is 0.248 e. The van der Waals surface area contributed by atoms with E-state index in [0.717, 1.165) is 48.7 Å². The Morgan fingerprint density at radius 1 is 1.24 bits per heavy atom. The number of aliphatic hydroxyl groups excluding tert-OH is 1. The Hall–Kier alpha value is -1.85. The molecule has 3 aliphatic rings. The number of rotatable bonds is 6. The summed E-state index contributed by atoms with van der Waals surface area (Å²) in [5.41, 5.74) is 10.1. The van der Waals surface area contributed by atoms with Crippen LogP contribution >= 0.6 is 15.9 Å². The summed E-state index contributed by atoms with van der Waals surface area (Å²) >= 11 is 3.43. The van der Waals surface area contributed by atoms with Crippen molar-refractivity contribution < 1.29 is 14.6 Å². The number of carbonyl (C=O) groups is 1. The lowest BCUT2D eigenvalue weighted by Crippen LogP contribution is -2.44. The molecule has 2 saturated carbocycles. The molecule has 5 rings (SSSR count). The molecule has 0 saturated heterocycles. The number of hydrogen-bond acceptors (Lipinski definition) is 3. The van der Waals surface area contributed by atoms with Crippen LogP contribution in [0.2, 0.25) is 0 Å². The van der Waals surface area contributed by atoms with Crippen molar-refractivity contribution in [2.45, 2.75) is 57.5 Å². The minimum absolute atomic E-state index is 0.0242. The second-order valence-electron chi connectivity index (χ2n) is 10.6. The van der Waals surface area contributed by atoms with Crippen LogP contribution in [0.5, 0.6) is 5.75 Å². The van der Waals surface area contributed by atoms with E-state index in [4.69, 9.17) is 10.5 Å². The Morgan fingerprint density at radius 3 is 2.88 bits per heavy atom. The molecule has 2 fully saturated rings. The zero-order valence-electron chi connectivity index (χ0n) is 19.3. The molecule has 0 aromatic heterocycles. The molecule has 0 bridgehead atoms. The number of carbonyl (C=O) groups excluding carboxylic acids is 1. The van der Waals surface area contributed by atoms with E-state index in [1.807, 2.05) is 12.1 Å². The van der Waals surface area contributed by atoms with Gasteiger partial charge in [-0.3, -0.25) is 4.79 Å². The molecule has 1 amide bonds. The predicted octanol–water partition coefficient (Wildman–Crippen LogP) is 5.25. The summed E-state index contributed by atoms with van der Waals surface area (Å²) in [6.07, 6.45) is 6.05. The highest BCUT2D eigenvalue weighted by Gasteiger charge is 2.57. The first-order valence-corrected chi connectivity index (χ1v) is 13.4. The largest absolute Gasteiger partial charge is 0.493 e. The lowest BCUT2D eigenvalue weighted by molar-refractivity contribution is -0.0325. The number of halogens is 1. The first kappa shape index (κ1) is 22.9. The number of aryl methyl sites for hydroxylation is 1. The summed E-state index contributed by atoms with van der Waals surface area (Å²) in [6, 6.07) is 14.3. The minimum atomic E-state index is -0.395. The Kier molecular flexibility index (Phi) is 6.30. The van der Waals surface area contributed by atoms with E-state index in [9.17, 15) is 9.90 Å². The fourth-order valence-electron chi connectivity index (χ4n) is 7.31. The number of fused-ring (bicyclic) bond motifs is 5. The first-order valence-electron chi connectivity index (χ1n) is 12.3. The van der Waals surface area contributed by atoms with Crippen molar-refractivity contribution >= 4 is 21.8 Å². The summed E-state index contributed by atoms with van der Waals surface area (Å²) in [7, 11) is 0. The second kappa shape index (κ2) is 9.07. The quantitative estimate of drug-likeness (QED) is 0.520. The summed E-state index contributed by atoms with van der Waals surface area (Å²) < 4.78 is 5.84. The van der Waals surface area contributed by atoms with Gasteiger partial charge in [-0.25, -0.2) is 0 Å². The zero-order chi connectivity index (χ0) is 23.2. The molecule has 2 aromatic carbocycles. The highest BCUT2D eigenvalue weighted by molar-refractivity contribution is 9.09. The highest BCUT2D eigenvalue weighted by Crippen LogP contribution is 2.62. The molecule has 3 aliphatic carbocycles. The van der Waals surface area contributed by atoms with Gasteiger partial charge in [0.1, 0.15) is 5.75 Å². The van der Waals surface area contributed by atoms with E-state index < -0.39 is 5.91 Å². The van der Waals surface area contributed by atoms with Crippen LogP contribution in [-0.2, 0) is 12.8 Å². The van der Waals surface area contributed by atoms with Gasteiger partial charge in [-0.15, -0.1) is 0 Å². The van der Waals surface area contributed by atoms with Crippen LogP contribution in [-0.4, -0.2) is 29.1 Å². The molecule has 0 aliphatic heterocycles. The number of primary amides is 1. The van der Waals surface area contributed by atoms with Crippen molar-refractivity contribution in [2.75, 3.05) is 11.9 Å². The molecule has 3 N–H and O–H groups in total. The summed E-state index contributed by atoms with van der Waals surface area (Å²) in [5, 5.41) is 12.3. The normalized spacial score (nSPS) is 32.5. The molecule has 2 aromatic rings. The number of nitrogens with two attached hydrogens (primary N) is 1. The number of aliphatic hydroxyl groups is 1. The second-order valence-corrected chi connectivity index (χ2v) is 11.4. The number of alkyl halides is 1. The number of ether oxygens (including phenoxy) is 1. The average molecular weight is 512 g/mol. The lowest BCUT2D eigenvalue weighted by Gasteiger charge is -2.50. The Morgan fingerprint density at radius 2 is 2.09 bits per heavy atom. The summed E-state index contributed by atoms with van der Waals surface area (Å²) in [5.74, 6) is 2.55. The van der Waals surface area contributed by atoms with E-state index in [1.54, 1.807) is 6.07 Å². The van der Waals surface area contributed by atoms with Crippen LogP contribution in [0, 0.1) is 23.2 Å². The van der Waals surface area contributed by atoms with E-state index in [2.05, 4.69) is 47.1 Å². The van der Waals surface area contributed by atoms with Gasteiger partial charge in [0.25, 0.3) is 0 Å². The maximum atomic E-state index is 11.6. The van der Waals surface area contributed by atoms with E-state index in [0.29, 0.717) is 29.9 Å². The van der Waals surface area contributed by atoms with E-state index in [1.165, 1.54) is 17.5 Å². The molecular weight excluding hydrogens is 478 g/mol. The molecule has 6 atom stereocenters. The fourth-order valence-corrected chi connectivity index (χ4v) is 7.47. The van der Waals surface area contributed by atoms with Gasteiger partial charge in [0.15, 0.2) is 0 Å². The standard InChI is InChI=1S/C28H34BrNO3/c1-28-10-9-23-22-8-6-21(33-12-11-29)15-18(22)5-7-24(23)25(28)16-20(26(28)31)14-17-3-2-4-19(13-17)27(30)32/h2-4,6,8,13,15,20,23-26,31H,5,7,9-12,14,16H2,1H3,(H2,30,32)/t20-,23+,24+,25-,26-,28-/m0/s1. The minimum Gasteiger partial charge on any atom is -0.493 e. The SMILES string of the molecule is C[C@]12CC[C@@H]3c4ccc(OCCBr)cc4CC[C@H]3[C@@H]1C[C@H](Cc1cccc(C(N)=O)c1)[C@@H]2O. The molecule has 0 heterocycles. The molecular formula is C28H34BrNO3. The maximum absolute atomic E-state index is 11.6. The van der Waals surface area contributed by atoms with Gasteiger partial charge in [0.2, 0.25) is 5.91 Å². The first-order chi connectivity index (χ1) is 15.9. The molecule has 5 heteroatoms. The number of amides is 1. The van der Waals surface area contributed by atoms with E-state index >= 15 is 0 Å². The summed E-state index contributed by atoms with van der Waals surface area (Å²) in [4.78, 5) is 11.6. The van der Waals surface area contributed by atoms with Crippen molar-refractivity contribution in [3.05, 3.63) is 64.7 Å². The highest BCUT2D eigenvalue weighted by atomic mass is 79.9. The zero-order valence-corrected chi connectivity index (χ0v) is 20.9. The van der Waals surface area contributed by atoms with Crippen LogP contribution in [0.4, 0.5) is 0 Å². The lowest BCUT2D eigenvalue weighted by atomic mass is 9.55. The van der Waals surface area contributed by atoms with Crippen LogP contribution < -0.4 is 10.5 Å². The molecule has 4 nitrogen and oxygen atoms in total. The monoisotopic (exact) mass is 511 g/mol. The predicted molar refractivity (Wildman–Crippen MR) is 134 cm³/mol. The maximum Gasteiger partial charge on any atom is 0.248 e. The topological polar surface area (TPSA) is 72.5 Å². The van der Waals surface area contributed by atoms with Gasteiger partial charge in [-0.05, 0) is 109 Å². The van der Waals surface area contributed by atoms with Gasteiger partial charge in [-0.1, -0.05) is 41.1 Å². The van der Waals surface area contributed by atoms with E-state index in [-0.39, 0.29) is 17.4 Å². The Bertz CT molecular complexity index is 1040. The van der Waals surface area contributed by atoms with Gasteiger partial charge < -0.3 is 15.6 Å². The summed E-state index contributed by atoms with van der Waals surface area (Å²) in [6.45, 7) is 3.01. The molecule has 0 unspecified atom stereocenters. The van der Waals surface area contributed by atoms with Gasteiger partial charge >= 0.3 is 0 Å². The third kappa shape index (κ3) is 4.12. The van der Waals surface area contributed by atoms with Crippen LogP contribution in [0.15, 0.2) is 42.5 Å². The average Bonchev–Trinajstić information content (AvgIpc) is 3.07. The van der Waals surface area contributed by atoms with Crippen molar-refractivity contribution in [3.63, 3.8) is 0 Å². The third-order valence-electron chi connectivity index (χ3n) is 8.87. The van der Waals surface area contributed by atoms with Crippen LogP contribution in [0.25, 0.3) is 0 Å². The van der Waals surface area contributed by atoms with Gasteiger partial charge in [0, 0.05) is 10.9 Å². The fraction of sp³-hybridized carbons (Fsp3) is 0.536. The molecule has 0 radical (unpaired) electrons. The van der Waals surface area contributed by atoms with Crippen molar-refractivity contribution in [3.8, 4) is 5.75 Å². The number of benzene rings is 2. The van der Waals surface area contributed by atoms with Crippen molar-refractivity contribution in [2.24, 2.45) is 28.9 Å². The van der Waals surface area contributed by atoms with Crippen LogP contribution in [0.3, 0.4) is 0 Å². The Balaban J connectivity index is 1.36. The van der Waals surface area contributed by atoms with Crippen LogP contribution in [0.1, 0.15) is 65.6 Å². The number of hydrogen-bond donors (Lipinski definition) is 2. The van der Waals surface area contributed by atoms with Gasteiger partial charge in [0.05, 0.1) is 12.7 Å². The van der Waals surface area contributed by atoms with Crippen molar-refractivity contribution in [1.82, 2.24) is 0 Å².